The van der Waals surface area contributed by atoms with Crippen molar-refractivity contribution < 1.29 is 19.2 Å². The second-order valence-electron chi connectivity index (χ2n) is 6.66. The molecule has 0 unspecified atom stereocenters. The van der Waals surface area contributed by atoms with Crippen LogP contribution in [-0.2, 0) is 14.3 Å². The number of ether oxygens (including phenoxy) is 1. The average Bonchev–Trinajstić information content (AvgIpc) is 2.68. The van der Waals surface area contributed by atoms with Crippen LogP contribution >= 0.6 is 0 Å². The summed E-state index contributed by atoms with van der Waals surface area (Å²) in [6.07, 6.45) is 0.774. The minimum Gasteiger partial charge on any atom is -0.455 e. The van der Waals surface area contributed by atoms with Crippen LogP contribution in [0, 0.1) is 23.0 Å². The van der Waals surface area contributed by atoms with Gasteiger partial charge in [-0.25, -0.2) is 0 Å². The van der Waals surface area contributed by atoms with Crippen LogP contribution in [0.2, 0.25) is 0 Å². The Morgan fingerprint density at radius 1 is 1.14 bits per heavy atom. The highest BCUT2D eigenvalue weighted by Crippen LogP contribution is 2.29. The maximum atomic E-state index is 12.6. The van der Waals surface area contributed by atoms with Crippen LogP contribution in [0.25, 0.3) is 0 Å². The fourth-order valence-corrected chi connectivity index (χ4v) is 2.96. The summed E-state index contributed by atoms with van der Waals surface area (Å²) < 4.78 is 5.23. The number of nitro benzene ring substituents is 1. The predicted molar refractivity (Wildman–Crippen MR) is 106 cm³/mol. The Labute approximate surface area is 163 Å². The number of benzene rings is 2. The van der Waals surface area contributed by atoms with Crippen LogP contribution in [0.4, 0.5) is 11.4 Å². The Balaban J connectivity index is 2.07. The van der Waals surface area contributed by atoms with Gasteiger partial charge in [-0.2, -0.15) is 0 Å². The molecule has 2 aromatic rings. The van der Waals surface area contributed by atoms with Crippen molar-refractivity contribution >= 4 is 23.3 Å². The minimum atomic E-state index is -0.623. The summed E-state index contributed by atoms with van der Waals surface area (Å²) in [4.78, 5) is 35.4. The molecule has 0 radical (unpaired) electrons. The molecule has 2 atom stereocenters. The zero-order chi connectivity index (χ0) is 20.7. The van der Waals surface area contributed by atoms with E-state index in [1.54, 1.807) is 19.1 Å². The number of esters is 1. The van der Waals surface area contributed by atoms with Crippen molar-refractivity contribution in [1.82, 2.24) is 0 Å². The Kier molecular flexibility index (Phi) is 7.26. The van der Waals surface area contributed by atoms with E-state index in [9.17, 15) is 19.7 Å². The highest BCUT2D eigenvalue weighted by molar-refractivity contribution is 5.96. The van der Waals surface area contributed by atoms with Crippen LogP contribution in [0.5, 0.6) is 0 Å². The SMILES string of the molecule is CC[C@H](C)[C@H](C(=O)OCC(=O)Nc1c(C)cccc1[N+](=O)[O-])c1ccccc1. The first-order valence-corrected chi connectivity index (χ1v) is 9.10. The van der Waals surface area contributed by atoms with Crippen molar-refractivity contribution in [2.24, 2.45) is 5.92 Å². The molecular formula is C21H24N2O5. The smallest absolute Gasteiger partial charge is 0.314 e. The standard InChI is InChI=1S/C21H24N2O5/c1-4-14(2)19(16-10-6-5-7-11-16)21(25)28-13-18(24)22-20-15(3)9-8-12-17(20)23(26)27/h5-12,14,19H,4,13H2,1-3H3,(H,22,24)/t14-,19-/m0/s1. The Morgan fingerprint density at radius 2 is 1.82 bits per heavy atom. The maximum Gasteiger partial charge on any atom is 0.314 e. The zero-order valence-electron chi connectivity index (χ0n) is 16.2. The lowest BCUT2D eigenvalue weighted by Gasteiger charge is -2.21. The lowest BCUT2D eigenvalue weighted by Crippen LogP contribution is -2.27. The summed E-state index contributed by atoms with van der Waals surface area (Å²) in [6.45, 7) is 5.08. The van der Waals surface area contributed by atoms with Gasteiger partial charge >= 0.3 is 5.97 Å². The van der Waals surface area contributed by atoms with E-state index in [2.05, 4.69) is 5.32 Å². The van der Waals surface area contributed by atoms with Gasteiger partial charge in [0, 0.05) is 6.07 Å². The minimum absolute atomic E-state index is 0.0374. The molecule has 2 aromatic carbocycles. The molecule has 0 aromatic heterocycles. The predicted octanol–water partition coefficient (Wildman–Crippen LogP) is 4.21. The molecule has 0 aliphatic carbocycles. The summed E-state index contributed by atoms with van der Waals surface area (Å²) in [7, 11) is 0. The third-order valence-electron chi connectivity index (χ3n) is 4.68. The second-order valence-corrected chi connectivity index (χ2v) is 6.66. The quantitative estimate of drug-likeness (QED) is 0.417. The topological polar surface area (TPSA) is 98.5 Å². The molecule has 2 rings (SSSR count). The first kappa shape index (κ1) is 21.1. The number of hydrogen-bond donors (Lipinski definition) is 1. The van der Waals surface area contributed by atoms with Crippen molar-refractivity contribution in [3.63, 3.8) is 0 Å². The van der Waals surface area contributed by atoms with Crippen LogP contribution in [0.3, 0.4) is 0 Å². The van der Waals surface area contributed by atoms with E-state index in [0.29, 0.717) is 5.56 Å². The van der Waals surface area contributed by atoms with Crippen molar-refractivity contribution in [3.8, 4) is 0 Å². The number of hydrogen-bond acceptors (Lipinski definition) is 5. The highest BCUT2D eigenvalue weighted by atomic mass is 16.6. The highest BCUT2D eigenvalue weighted by Gasteiger charge is 2.28. The molecular weight excluding hydrogens is 360 g/mol. The lowest BCUT2D eigenvalue weighted by atomic mass is 9.86. The van der Waals surface area contributed by atoms with Gasteiger partial charge in [0.2, 0.25) is 0 Å². The second kappa shape index (κ2) is 9.64. The molecule has 1 N–H and O–H groups in total. The lowest BCUT2D eigenvalue weighted by molar-refractivity contribution is -0.384. The van der Waals surface area contributed by atoms with E-state index in [1.165, 1.54) is 6.07 Å². The van der Waals surface area contributed by atoms with Gasteiger partial charge in [-0.05, 0) is 24.0 Å². The van der Waals surface area contributed by atoms with E-state index in [4.69, 9.17) is 4.74 Å². The Bertz CT molecular complexity index is 851. The first-order valence-electron chi connectivity index (χ1n) is 9.10. The molecule has 0 bridgehead atoms. The third kappa shape index (κ3) is 5.16. The van der Waals surface area contributed by atoms with Crippen molar-refractivity contribution in [3.05, 3.63) is 69.8 Å². The number of nitrogens with zero attached hydrogens (tertiary/aromatic N) is 1. The van der Waals surface area contributed by atoms with Crippen LogP contribution in [0.1, 0.15) is 37.3 Å². The molecule has 0 fully saturated rings. The summed E-state index contributed by atoms with van der Waals surface area (Å²) in [5, 5.41) is 13.6. The fraction of sp³-hybridized carbons (Fsp3) is 0.333. The molecule has 0 aliphatic rings. The van der Waals surface area contributed by atoms with Gasteiger partial charge in [-0.15, -0.1) is 0 Å². The molecule has 148 valence electrons. The number of nitrogens with one attached hydrogen (secondary N) is 1. The molecule has 0 saturated carbocycles. The van der Waals surface area contributed by atoms with Gasteiger partial charge in [0.15, 0.2) is 6.61 Å². The maximum absolute atomic E-state index is 12.6. The molecule has 0 spiro atoms. The molecule has 0 heterocycles. The summed E-state index contributed by atoms with van der Waals surface area (Å²) >= 11 is 0. The number of amides is 1. The molecule has 7 nitrogen and oxygen atoms in total. The van der Waals surface area contributed by atoms with Crippen molar-refractivity contribution in [2.45, 2.75) is 33.1 Å². The largest absolute Gasteiger partial charge is 0.455 e. The number of para-hydroxylation sites is 1. The summed E-state index contributed by atoms with van der Waals surface area (Å²) in [6, 6.07) is 13.8. The normalized spacial score (nSPS) is 12.7. The van der Waals surface area contributed by atoms with Crippen LogP contribution in [0.15, 0.2) is 48.5 Å². The van der Waals surface area contributed by atoms with Gasteiger partial charge in [0.1, 0.15) is 5.69 Å². The van der Waals surface area contributed by atoms with Gasteiger partial charge < -0.3 is 10.1 Å². The van der Waals surface area contributed by atoms with Gasteiger partial charge in [-0.1, -0.05) is 62.7 Å². The molecule has 1 amide bonds. The fourth-order valence-electron chi connectivity index (χ4n) is 2.96. The number of carbonyl (C=O) groups excluding carboxylic acids is 2. The molecule has 0 saturated heterocycles. The Hall–Kier alpha value is -3.22. The monoisotopic (exact) mass is 384 g/mol. The number of aryl methyl sites for hydroxylation is 1. The van der Waals surface area contributed by atoms with Crippen LogP contribution < -0.4 is 5.32 Å². The molecule has 28 heavy (non-hydrogen) atoms. The summed E-state index contributed by atoms with van der Waals surface area (Å²) in [5.74, 6) is -1.56. The zero-order valence-corrected chi connectivity index (χ0v) is 16.2. The van der Waals surface area contributed by atoms with Gasteiger partial charge in [0.05, 0.1) is 10.8 Å². The van der Waals surface area contributed by atoms with Crippen molar-refractivity contribution in [1.29, 1.82) is 0 Å². The van der Waals surface area contributed by atoms with E-state index in [-0.39, 0.29) is 17.3 Å². The summed E-state index contributed by atoms with van der Waals surface area (Å²) in [5.41, 5.74) is 1.28. The number of nitro groups is 1. The number of anilines is 1. The van der Waals surface area contributed by atoms with E-state index >= 15 is 0 Å². The third-order valence-corrected chi connectivity index (χ3v) is 4.68. The van der Waals surface area contributed by atoms with E-state index < -0.39 is 29.3 Å². The van der Waals surface area contributed by atoms with Gasteiger partial charge in [-0.3, -0.25) is 19.7 Å². The number of rotatable bonds is 8. The van der Waals surface area contributed by atoms with E-state index in [1.807, 2.05) is 44.2 Å². The number of carbonyl (C=O) groups is 2. The van der Waals surface area contributed by atoms with Crippen LogP contribution in [-0.4, -0.2) is 23.4 Å². The average molecular weight is 384 g/mol. The Morgan fingerprint density at radius 3 is 2.43 bits per heavy atom. The molecule has 7 heteroatoms. The molecule has 0 aliphatic heterocycles. The van der Waals surface area contributed by atoms with Crippen molar-refractivity contribution in [2.75, 3.05) is 11.9 Å². The van der Waals surface area contributed by atoms with Gasteiger partial charge in [0.25, 0.3) is 11.6 Å². The van der Waals surface area contributed by atoms with E-state index in [0.717, 1.165) is 12.0 Å². The first-order chi connectivity index (χ1) is 13.3.